The van der Waals surface area contributed by atoms with E-state index >= 15 is 0 Å². The molecule has 2 amide bonds. The van der Waals surface area contributed by atoms with Gasteiger partial charge in [-0.25, -0.2) is 0 Å². The van der Waals surface area contributed by atoms with Gasteiger partial charge in [0.25, 0.3) is 0 Å². The highest BCUT2D eigenvalue weighted by Crippen LogP contribution is 2.41. The van der Waals surface area contributed by atoms with Crippen LogP contribution >= 0.6 is 23.5 Å². The lowest BCUT2D eigenvalue weighted by atomic mass is 9.82. The van der Waals surface area contributed by atoms with Crippen LogP contribution < -0.4 is 0 Å². The standard InChI is InChI=1S/C14H25NO3S2/c1-5-14(18,13(19-3)20-4)11-8-6-7-9-15(10(2)16)12(11)17/h11,13,18H,5-9H2,1-4H3. The molecule has 6 heteroatoms. The largest absolute Gasteiger partial charge is 0.387 e. The number of rotatable bonds is 5. The molecule has 2 atom stereocenters. The van der Waals surface area contributed by atoms with Crippen LogP contribution in [0.25, 0.3) is 0 Å². The van der Waals surface area contributed by atoms with Crippen molar-refractivity contribution in [2.45, 2.75) is 49.7 Å². The molecule has 1 saturated heterocycles. The third-order valence-electron chi connectivity index (χ3n) is 4.07. The number of likely N-dealkylation sites (tertiary alicyclic amines) is 1. The van der Waals surface area contributed by atoms with E-state index in [1.54, 1.807) is 23.5 Å². The minimum absolute atomic E-state index is 0.0617. The second-order valence-corrected chi connectivity index (χ2v) is 7.39. The molecule has 1 rings (SSSR count). The quantitative estimate of drug-likeness (QED) is 0.788. The molecule has 0 radical (unpaired) electrons. The van der Waals surface area contributed by atoms with Gasteiger partial charge in [-0.15, -0.1) is 23.5 Å². The minimum atomic E-state index is -1.06. The lowest BCUT2D eigenvalue weighted by Crippen LogP contribution is -2.52. The molecule has 1 fully saturated rings. The summed E-state index contributed by atoms with van der Waals surface area (Å²) in [7, 11) is 0. The first-order valence-electron chi connectivity index (χ1n) is 7.02. The van der Waals surface area contributed by atoms with E-state index in [-0.39, 0.29) is 16.4 Å². The summed E-state index contributed by atoms with van der Waals surface area (Å²) in [5, 5.41) is 11.1. The topological polar surface area (TPSA) is 57.6 Å². The van der Waals surface area contributed by atoms with Crippen LogP contribution in [0.4, 0.5) is 0 Å². The molecule has 1 aliphatic rings. The molecule has 20 heavy (non-hydrogen) atoms. The number of carbonyl (C=O) groups is 2. The average Bonchev–Trinajstić information content (AvgIpc) is 2.62. The van der Waals surface area contributed by atoms with Crippen molar-refractivity contribution in [3.05, 3.63) is 0 Å². The molecular formula is C14H25NO3S2. The summed E-state index contributed by atoms with van der Waals surface area (Å²) >= 11 is 3.14. The zero-order valence-corrected chi connectivity index (χ0v) is 14.4. The summed E-state index contributed by atoms with van der Waals surface area (Å²) in [5.74, 6) is -0.901. The Balaban J connectivity index is 3.10. The Bertz CT molecular complexity index is 360. The lowest BCUT2D eigenvalue weighted by Gasteiger charge is -2.40. The Morgan fingerprint density at radius 1 is 1.45 bits per heavy atom. The fourth-order valence-corrected chi connectivity index (χ4v) is 5.15. The minimum Gasteiger partial charge on any atom is -0.387 e. The number of nitrogens with zero attached hydrogens (tertiary/aromatic N) is 1. The number of aliphatic hydroxyl groups is 1. The summed E-state index contributed by atoms with van der Waals surface area (Å²) in [6.45, 7) is 3.81. The highest BCUT2D eigenvalue weighted by molar-refractivity contribution is 8.16. The maximum absolute atomic E-state index is 12.7. The molecule has 0 aromatic rings. The Labute approximate surface area is 130 Å². The lowest BCUT2D eigenvalue weighted by molar-refractivity contribution is -0.151. The van der Waals surface area contributed by atoms with Gasteiger partial charge in [-0.1, -0.05) is 13.3 Å². The van der Waals surface area contributed by atoms with Crippen LogP contribution in [0.5, 0.6) is 0 Å². The molecular weight excluding hydrogens is 294 g/mol. The van der Waals surface area contributed by atoms with Gasteiger partial charge in [0.05, 0.1) is 16.1 Å². The van der Waals surface area contributed by atoms with Gasteiger partial charge in [-0.3, -0.25) is 14.5 Å². The second kappa shape index (κ2) is 7.71. The van der Waals surface area contributed by atoms with Crippen molar-refractivity contribution in [1.29, 1.82) is 0 Å². The van der Waals surface area contributed by atoms with Crippen molar-refractivity contribution >= 4 is 35.3 Å². The van der Waals surface area contributed by atoms with E-state index in [1.807, 2.05) is 19.4 Å². The number of hydrogen-bond donors (Lipinski definition) is 1. The zero-order valence-electron chi connectivity index (χ0n) is 12.7. The fourth-order valence-electron chi connectivity index (χ4n) is 2.90. The first-order valence-corrected chi connectivity index (χ1v) is 9.59. The van der Waals surface area contributed by atoms with Crippen LogP contribution in [-0.4, -0.2) is 51.1 Å². The first kappa shape index (κ1) is 17.9. The van der Waals surface area contributed by atoms with Crippen molar-refractivity contribution in [2.75, 3.05) is 19.1 Å². The molecule has 1 N–H and O–H groups in total. The van der Waals surface area contributed by atoms with Gasteiger partial charge in [0.1, 0.15) is 0 Å². The third-order valence-corrected chi connectivity index (χ3v) is 6.90. The van der Waals surface area contributed by atoms with Gasteiger partial charge < -0.3 is 5.11 Å². The van der Waals surface area contributed by atoms with Crippen LogP contribution in [-0.2, 0) is 9.59 Å². The summed E-state index contributed by atoms with van der Waals surface area (Å²) in [5.41, 5.74) is -1.06. The smallest absolute Gasteiger partial charge is 0.235 e. The van der Waals surface area contributed by atoms with Crippen molar-refractivity contribution < 1.29 is 14.7 Å². The Morgan fingerprint density at radius 3 is 2.50 bits per heavy atom. The summed E-state index contributed by atoms with van der Waals surface area (Å²) in [4.78, 5) is 25.6. The SMILES string of the molecule is CCC(O)(C(SC)SC)C1CCCCN(C(C)=O)C1=O. The molecule has 0 saturated carbocycles. The van der Waals surface area contributed by atoms with Crippen molar-refractivity contribution in [3.8, 4) is 0 Å². The molecule has 1 aliphatic heterocycles. The van der Waals surface area contributed by atoms with Crippen LogP contribution in [0.2, 0.25) is 0 Å². The number of imide groups is 1. The van der Waals surface area contributed by atoms with E-state index in [1.165, 1.54) is 11.8 Å². The molecule has 2 unspecified atom stereocenters. The van der Waals surface area contributed by atoms with Crippen LogP contribution in [0.15, 0.2) is 0 Å². The number of hydrogen-bond acceptors (Lipinski definition) is 5. The number of carbonyl (C=O) groups excluding carboxylic acids is 2. The van der Waals surface area contributed by atoms with E-state index in [2.05, 4.69) is 0 Å². The van der Waals surface area contributed by atoms with Crippen molar-refractivity contribution in [3.63, 3.8) is 0 Å². The maximum Gasteiger partial charge on any atom is 0.235 e. The molecule has 0 spiro atoms. The van der Waals surface area contributed by atoms with Gasteiger partial charge >= 0.3 is 0 Å². The van der Waals surface area contributed by atoms with Gasteiger partial charge in [-0.05, 0) is 31.8 Å². The normalized spacial score (nSPS) is 23.6. The second-order valence-electron chi connectivity index (χ2n) is 5.21. The van der Waals surface area contributed by atoms with Gasteiger partial charge in [0.2, 0.25) is 11.8 Å². The third kappa shape index (κ3) is 3.52. The summed E-state index contributed by atoms with van der Waals surface area (Å²) in [6.07, 6.45) is 6.77. The first-order chi connectivity index (χ1) is 9.42. The van der Waals surface area contributed by atoms with Crippen LogP contribution in [0, 0.1) is 5.92 Å². The fraction of sp³-hybridized carbons (Fsp3) is 0.857. The van der Waals surface area contributed by atoms with E-state index in [0.717, 1.165) is 12.8 Å². The monoisotopic (exact) mass is 319 g/mol. The molecule has 116 valence electrons. The van der Waals surface area contributed by atoms with E-state index in [0.29, 0.717) is 19.4 Å². The zero-order chi connectivity index (χ0) is 15.3. The van der Waals surface area contributed by atoms with Crippen molar-refractivity contribution in [1.82, 2.24) is 4.90 Å². The van der Waals surface area contributed by atoms with Gasteiger partial charge in [-0.2, -0.15) is 0 Å². The highest BCUT2D eigenvalue weighted by Gasteiger charge is 2.47. The van der Waals surface area contributed by atoms with Gasteiger partial charge in [0, 0.05) is 13.5 Å². The molecule has 1 heterocycles. The van der Waals surface area contributed by atoms with Crippen molar-refractivity contribution in [2.24, 2.45) is 5.92 Å². The summed E-state index contributed by atoms with van der Waals surface area (Å²) < 4.78 is -0.0617. The Kier molecular flexibility index (Phi) is 6.88. The number of thioether (sulfide) groups is 2. The molecule has 0 bridgehead atoms. The van der Waals surface area contributed by atoms with E-state index in [4.69, 9.17) is 0 Å². The number of amides is 2. The van der Waals surface area contributed by atoms with E-state index < -0.39 is 11.5 Å². The Hall–Kier alpha value is -0.200. The molecule has 0 aliphatic carbocycles. The predicted octanol–water partition coefficient (Wildman–Crippen LogP) is 2.35. The predicted molar refractivity (Wildman–Crippen MR) is 85.8 cm³/mol. The van der Waals surface area contributed by atoms with E-state index in [9.17, 15) is 14.7 Å². The molecule has 4 nitrogen and oxygen atoms in total. The molecule has 0 aromatic heterocycles. The Morgan fingerprint density at radius 2 is 2.05 bits per heavy atom. The molecule has 0 aromatic carbocycles. The maximum atomic E-state index is 12.7. The highest BCUT2D eigenvalue weighted by atomic mass is 32.2. The van der Waals surface area contributed by atoms with Crippen LogP contribution in [0.1, 0.15) is 39.5 Å². The summed E-state index contributed by atoms with van der Waals surface area (Å²) in [6, 6.07) is 0. The van der Waals surface area contributed by atoms with Crippen LogP contribution in [0.3, 0.4) is 0 Å². The average molecular weight is 319 g/mol. The van der Waals surface area contributed by atoms with Gasteiger partial charge in [0.15, 0.2) is 0 Å².